The molecule has 2 amide bonds. The van der Waals surface area contributed by atoms with Crippen molar-refractivity contribution in [1.29, 1.82) is 0 Å². The number of nitrogens with zero attached hydrogens (tertiary/aromatic N) is 3. The van der Waals surface area contributed by atoms with Crippen molar-refractivity contribution in [1.82, 2.24) is 14.8 Å². The normalized spacial score (nSPS) is 22.3. The quantitative estimate of drug-likeness (QED) is 0.798. The molecule has 2 saturated heterocycles. The average molecular weight is 398 g/mol. The highest BCUT2D eigenvalue weighted by Gasteiger charge is 2.45. The summed E-state index contributed by atoms with van der Waals surface area (Å²) in [7, 11) is 0. The highest BCUT2D eigenvalue weighted by atomic mass is 32.1. The van der Waals surface area contributed by atoms with Crippen LogP contribution < -0.4 is 5.73 Å². The third kappa shape index (κ3) is 3.93. The molecule has 3 heterocycles. The summed E-state index contributed by atoms with van der Waals surface area (Å²) >= 11 is 1.25. The first-order valence-corrected chi connectivity index (χ1v) is 10.1. The van der Waals surface area contributed by atoms with Crippen molar-refractivity contribution in [2.45, 2.75) is 12.0 Å². The molecule has 2 aliphatic rings. The van der Waals surface area contributed by atoms with Crippen LogP contribution in [0.15, 0.2) is 41.8 Å². The smallest absolute Gasteiger partial charge is 0.273 e. The van der Waals surface area contributed by atoms with Crippen molar-refractivity contribution in [3.8, 4) is 0 Å². The van der Waals surface area contributed by atoms with Gasteiger partial charge in [0, 0.05) is 24.5 Å². The Morgan fingerprint density at radius 1 is 1.18 bits per heavy atom. The lowest BCUT2D eigenvalue weighted by Gasteiger charge is -2.40. The summed E-state index contributed by atoms with van der Waals surface area (Å²) in [6, 6.07) is 9.73. The minimum atomic E-state index is -0.508. The maximum Gasteiger partial charge on any atom is 0.273 e. The summed E-state index contributed by atoms with van der Waals surface area (Å²) in [4.78, 5) is 32.9. The van der Waals surface area contributed by atoms with Gasteiger partial charge >= 0.3 is 0 Å². The second-order valence-corrected chi connectivity index (χ2v) is 7.97. The zero-order chi connectivity index (χ0) is 19.6. The number of aromatic nitrogens is 1. The van der Waals surface area contributed by atoms with Gasteiger partial charge in [-0.25, -0.2) is 4.98 Å². The molecule has 0 bridgehead atoms. The first-order valence-electron chi connectivity index (χ1n) is 9.21. The van der Waals surface area contributed by atoms with E-state index in [9.17, 15) is 9.59 Å². The topological polar surface area (TPSA) is 88.8 Å². The van der Waals surface area contributed by atoms with Gasteiger partial charge in [-0.1, -0.05) is 30.3 Å². The highest BCUT2D eigenvalue weighted by molar-refractivity contribution is 7.13. The van der Waals surface area contributed by atoms with Crippen LogP contribution in [0.2, 0.25) is 0 Å². The molecule has 8 heteroatoms. The summed E-state index contributed by atoms with van der Waals surface area (Å²) in [5, 5.41) is 2.06. The second kappa shape index (κ2) is 7.73. The Morgan fingerprint density at radius 2 is 1.96 bits per heavy atom. The lowest BCUT2D eigenvalue weighted by molar-refractivity contribution is -0.143. The van der Waals surface area contributed by atoms with E-state index in [1.807, 2.05) is 36.4 Å². The van der Waals surface area contributed by atoms with Crippen LogP contribution in [-0.2, 0) is 9.53 Å². The molecule has 1 aromatic heterocycles. The van der Waals surface area contributed by atoms with E-state index in [2.05, 4.69) is 4.98 Å². The van der Waals surface area contributed by atoms with Gasteiger partial charge in [0.1, 0.15) is 11.3 Å². The van der Waals surface area contributed by atoms with Gasteiger partial charge in [0.2, 0.25) is 5.91 Å². The van der Waals surface area contributed by atoms with Gasteiger partial charge in [0.25, 0.3) is 5.91 Å². The molecule has 2 N–H and O–H groups in total. The molecule has 4 rings (SSSR count). The van der Waals surface area contributed by atoms with Gasteiger partial charge in [0.15, 0.2) is 5.13 Å². The van der Waals surface area contributed by atoms with E-state index in [4.69, 9.17) is 10.5 Å². The molecule has 2 fully saturated rings. The van der Waals surface area contributed by atoms with Crippen molar-refractivity contribution >= 4 is 34.4 Å². The van der Waals surface area contributed by atoms with Gasteiger partial charge in [-0.2, -0.15) is 0 Å². The Kier molecular flexibility index (Phi) is 5.15. The van der Waals surface area contributed by atoms with Gasteiger partial charge in [0.05, 0.1) is 19.7 Å². The third-order valence-electron chi connectivity index (χ3n) is 5.12. The number of amides is 2. The summed E-state index contributed by atoms with van der Waals surface area (Å²) in [6.45, 7) is 2.54. The van der Waals surface area contributed by atoms with Crippen molar-refractivity contribution in [2.75, 3.05) is 38.5 Å². The fourth-order valence-electron chi connectivity index (χ4n) is 3.68. The number of nitrogens with two attached hydrogens (primary N) is 1. The zero-order valence-electron chi connectivity index (χ0n) is 15.4. The molecule has 146 valence electrons. The molecular weight excluding hydrogens is 376 g/mol. The molecule has 2 aromatic rings. The number of carbonyl (C=O) groups is 2. The minimum absolute atomic E-state index is 0.0384. The molecule has 0 radical (unpaired) electrons. The molecule has 28 heavy (non-hydrogen) atoms. The van der Waals surface area contributed by atoms with Crippen LogP contribution in [0, 0.1) is 0 Å². The Morgan fingerprint density at radius 3 is 2.71 bits per heavy atom. The Balaban J connectivity index is 1.40. The highest BCUT2D eigenvalue weighted by Crippen LogP contribution is 2.30. The van der Waals surface area contributed by atoms with Crippen molar-refractivity contribution < 1.29 is 14.3 Å². The molecule has 1 spiro atoms. The van der Waals surface area contributed by atoms with E-state index in [0.717, 1.165) is 5.56 Å². The van der Waals surface area contributed by atoms with Crippen LogP contribution in [-0.4, -0.2) is 65.0 Å². The predicted molar refractivity (Wildman–Crippen MR) is 108 cm³/mol. The van der Waals surface area contributed by atoms with E-state index in [1.54, 1.807) is 21.3 Å². The number of morpholine rings is 1. The lowest BCUT2D eigenvalue weighted by Crippen LogP contribution is -2.54. The summed E-state index contributed by atoms with van der Waals surface area (Å²) < 4.78 is 6.04. The second-order valence-electron chi connectivity index (χ2n) is 7.08. The van der Waals surface area contributed by atoms with Crippen molar-refractivity contribution in [2.24, 2.45) is 0 Å². The van der Waals surface area contributed by atoms with Crippen molar-refractivity contribution in [3.63, 3.8) is 0 Å². The first kappa shape index (κ1) is 18.6. The largest absolute Gasteiger partial charge is 0.375 e. The van der Waals surface area contributed by atoms with Crippen LogP contribution in [0.3, 0.4) is 0 Å². The summed E-state index contributed by atoms with van der Waals surface area (Å²) in [5.74, 6) is -0.176. The zero-order valence-corrected chi connectivity index (χ0v) is 16.2. The van der Waals surface area contributed by atoms with E-state index in [0.29, 0.717) is 50.0 Å². The molecule has 7 nitrogen and oxygen atoms in total. The van der Waals surface area contributed by atoms with Crippen LogP contribution in [0.1, 0.15) is 22.5 Å². The number of hydrogen-bond donors (Lipinski definition) is 1. The summed E-state index contributed by atoms with van der Waals surface area (Å²) in [6.07, 6.45) is 4.12. The van der Waals surface area contributed by atoms with E-state index >= 15 is 0 Å². The molecule has 1 atom stereocenters. The van der Waals surface area contributed by atoms with Gasteiger partial charge in [-0.3, -0.25) is 9.59 Å². The maximum absolute atomic E-state index is 12.6. The Bertz CT molecular complexity index is 898. The fraction of sp³-hybridized carbons (Fsp3) is 0.350. The molecule has 0 aliphatic carbocycles. The van der Waals surface area contributed by atoms with Crippen LogP contribution in [0.25, 0.3) is 6.08 Å². The third-order valence-corrected chi connectivity index (χ3v) is 5.80. The monoisotopic (exact) mass is 398 g/mol. The van der Waals surface area contributed by atoms with E-state index in [1.165, 1.54) is 11.3 Å². The molecule has 2 aliphatic heterocycles. The SMILES string of the molecule is Nc1nc(C(=O)N2CCC3(CN(C(=O)C=Cc4ccccc4)CCO3)C2)cs1. The predicted octanol–water partition coefficient (Wildman–Crippen LogP) is 1.88. The van der Waals surface area contributed by atoms with Crippen molar-refractivity contribution in [3.05, 3.63) is 53.0 Å². The molecule has 1 unspecified atom stereocenters. The van der Waals surface area contributed by atoms with Gasteiger partial charge in [-0.15, -0.1) is 11.3 Å². The van der Waals surface area contributed by atoms with Gasteiger partial charge < -0.3 is 20.3 Å². The fourth-order valence-corrected chi connectivity index (χ4v) is 4.22. The number of likely N-dealkylation sites (tertiary alicyclic amines) is 1. The number of rotatable bonds is 3. The summed E-state index contributed by atoms with van der Waals surface area (Å²) in [5.41, 5.74) is 6.48. The van der Waals surface area contributed by atoms with Crippen LogP contribution in [0.5, 0.6) is 0 Å². The minimum Gasteiger partial charge on any atom is -0.375 e. The number of anilines is 1. The number of benzene rings is 1. The van der Waals surface area contributed by atoms with Crippen LogP contribution >= 0.6 is 11.3 Å². The van der Waals surface area contributed by atoms with E-state index in [-0.39, 0.29) is 11.8 Å². The van der Waals surface area contributed by atoms with Gasteiger partial charge in [-0.05, 0) is 18.1 Å². The number of carbonyl (C=O) groups excluding carboxylic acids is 2. The molecule has 0 saturated carbocycles. The average Bonchev–Trinajstić information content (AvgIpc) is 3.33. The van der Waals surface area contributed by atoms with Crippen LogP contribution in [0.4, 0.5) is 5.13 Å². The molecular formula is C20H22N4O3S. The van der Waals surface area contributed by atoms with E-state index < -0.39 is 5.60 Å². The number of hydrogen-bond acceptors (Lipinski definition) is 6. The Labute approximate surface area is 167 Å². The Hall–Kier alpha value is -2.71. The number of thiazole rings is 1. The lowest BCUT2D eigenvalue weighted by atomic mass is 10.0. The first-order chi connectivity index (χ1) is 13.5. The maximum atomic E-state index is 12.6. The number of nitrogen functional groups attached to an aromatic ring is 1. The molecule has 1 aromatic carbocycles. The standard InChI is InChI=1S/C20H22N4O3S/c21-19-22-16(12-28-19)18(26)24-9-8-20(14-24)13-23(10-11-27-20)17(25)7-6-15-4-2-1-3-5-15/h1-7,12H,8-11,13-14H2,(H2,21,22). The number of ether oxygens (including phenoxy) is 1.